The predicted molar refractivity (Wildman–Crippen MR) is 122 cm³/mol. The van der Waals surface area contributed by atoms with Gasteiger partial charge < -0.3 is 14.8 Å². The Balaban J connectivity index is 1.34. The van der Waals surface area contributed by atoms with E-state index in [2.05, 4.69) is 15.0 Å². The van der Waals surface area contributed by atoms with Gasteiger partial charge in [0.15, 0.2) is 11.5 Å². The molecule has 1 atom stereocenters. The van der Waals surface area contributed by atoms with Crippen LogP contribution in [0, 0.1) is 6.92 Å². The van der Waals surface area contributed by atoms with E-state index in [1.165, 1.54) is 0 Å². The number of pyridine rings is 1. The van der Waals surface area contributed by atoms with Crippen molar-refractivity contribution >= 4 is 22.7 Å². The highest BCUT2D eigenvalue weighted by Gasteiger charge is 2.51. The van der Waals surface area contributed by atoms with Gasteiger partial charge in [0, 0.05) is 11.8 Å². The average Bonchev–Trinajstić information content (AvgIpc) is 3.50. The highest BCUT2D eigenvalue weighted by Crippen LogP contribution is 2.51. The molecular formula is C24H23N3O4S. The van der Waals surface area contributed by atoms with E-state index < -0.39 is 16.4 Å². The van der Waals surface area contributed by atoms with Gasteiger partial charge in [0.05, 0.1) is 10.3 Å². The summed E-state index contributed by atoms with van der Waals surface area (Å²) in [6.45, 7) is 2.14. The van der Waals surface area contributed by atoms with Crippen molar-refractivity contribution in [3.63, 3.8) is 0 Å². The van der Waals surface area contributed by atoms with Crippen molar-refractivity contribution in [1.82, 2.24) is 9.71 Å². The second-order valence-electron chi connectivity index (χ2n) is 7.99. The summed E-state index contributed by atoms with van der Waals surface area (Å²) in [7, 11) is 0.439. The number of rotatable bonds is 6. The van der Waals surface area contributed by atoms with Crippen LogP contribution in [0.15, 0.2) is 59.6 Å². The number of hydrogen-bond acceptors (Lipinski definition) is 5. The third kappa shape index (κ3) is 3.65. The van der Waals surface area contributed by atoms with Gasteiger partial charge in [0.1, 0.15) is 16.8 Å². The monoisotopic (exact) mass is 449 g/mol. The lowest BCUT2D eigenvalue weighted by atomic mass is 9.94. The Morgan fingerprint density at radius 1 is 1.03 bits per heavy atom. The Morgan fingerprint density at radius 2 is 1.78 bits per heavy atom. The van der Waals surface area contributed by atoms with E-state index >= 15 is 0 Å². The number of aryl methyl sites for hydroxylation is 1. The van der Waals surface area contributed by atoms with Gasteiger partial charge in [0.2, 0.25) is 12.7 Å². The molecule has 0 radical (unpaired) electrons. The predicted octanol–water partition coefficient (Wildman–Crippen LogP) is 3.70. The summed E-state index contributed by atoms with van der Waals surface area (Å²) in [6.07, 6.45) is 3.32. The van der Waals surface area contributed by atoms with E-state index in [9.17, 15) is 9.00 Å². The molecule has 8 heteroatoms. The number of hydrogen-bond donors (Lipinski definition) is 2. The topological polar surface area (TPSA) is 89.6 Å². The zero-order chi connectivity index (χ0) is 22.3. The molecule has 1 aliphatic carbocycles. The molecule has 2 heterocycles. The van der Waals surface area contributed by atoms with Gasteiger partial charge in [-0.3, -0.25) is 4.79 Å². The summed E-state index contributed by atoms with van der Waals surface area (Å²) >= 11 is 0. The number of amides is 1. The zero-order valence-electron chi connectivity index (χ0n) is 17.8. The molecule has 2 aliphatic rings. The highest BCUT2D eigenvalue weighted by atomic mass is 32.2. The second kappa shape index (κ2) is 8.03. The van der Waals surface area contributed by atoms with Crippen molar-refractivity contribution in [1.29, 1.82) is 0 Å². The van der Waals surface area contributed by atoms with Crippen LogP contribution in [0.3, 0.4) is 0 Å². The number of carbonyl (C=O) groups is 1. The average molecular weight is 450 g/mol. The molecule has 1 amide bonds. The molecule has 1 saturated carbocycles. The van der Waals surface area contributed by atoms with Gasteiger partial charge in [-0.05, 0) is 73.8 Å². The summed E-state index contributed by atoms with van der Waals surface area (Å²) in [5.41, 5.74) is 3.16. The van der Waals surface area contributed by atoms with E-state index in [1.807, 2.05) is 55.5 Å². The van der Waals surface area contributed by atoms with Gasteiger partial charge in [0.25, 0.3) is 0 Å². The van der Waals surface area contributed by atoms with E-state index in [0.29, 0.717) is 22.2 Å². The second-order valence-corrected chi connectivity index (χ2v) is 9.41. The molecule has 3 aromatic rings. The third-order valence-corrected chi connectivity index (χ3v) is 7.08. The fourth-order valence-corrected chi connectivity index (χ4v) is 4.56. The smallest absolute Gasteiger partial charge is 0.236 e. The number of fused-ring (bicyclic) bond motifs is 1. The summed E-state index contributed by atoms with van der Waals surface area (Å²) in [5.74, 6) is 1.89. The molecule has 1 aromatic heterocycles. The van der Waals surface area contributed by atoms with Crippen LogP contribution in [0.25, 0.3) is 11.1 Å². The molecule has 0 saturated heterocycles. The molecule has 2 aromatic carbocycles. The molecule has 32 heavy (non-hydrogen) atoms. The van der Waals surface area contributed by atoms with Crippen LogP contribution in [0.4, 0.5) is 5.82 Å². The highest BCUT2D eigenvalue weighted by molar-refractivity contribution is 7.83. The molecule has 7 nitrogen and oxygen atoms in total. The number of carbonyl (C=O) groups excluding carboxylic acids is 1. The Kier molecular flexibility index (Phi) is 5.19. The van der Waals surface area contributed by atoms with Crippen LogP contribution in [0.1, 0.15) is 24.0 Å². The van der Waals surface area contributed by atoms with E-state index in [-0.39, 0.29) is 12.7 Å². The van der Waals surface area contributed by atoms with E-state index in [4.69, 9.17) is 9.47 Å². The number of benzene rings is 2. The molecule has 164 valence electrons. The van der Waals surface area contributed by atoms with Crippen molar-refractivity contribution in [2.24, 2.45) is 0 Å². The minimum atomic E-state index is -1.22. The molecule has 5 rings (SSSR count). The summed E-state index contributed by atoms with van der Waals surface area (Å²) in [5, 5.41) is 3.02. The first-order valence-electron chi connectivity index (χ1n) is 10.4. The van der Waals surface area contributed by atoms with Gasteiger partial charge in [-0.15, -0.1) is 0 Å². The molecule has 1 fully saturated rings. The Hall–Kier alpha value is -3.23. The maximum atomic E-state index is 13.2. The lowest BCUT2D eigenvalue weighted by Crippen LogP contribution is -2.28. The zero-order valence-corrected chi connectivity index (χ0v) is 18.6. The normalized spacial score (nSPS) is 16.4. The number of nitrogens with zero attached hydrogens (tertiary/aromatic N) is 1. The minimum absolute atomic E-state index is 0.0568. The van der Waals surface area contributed by atoms with Crippen molar-refractivity contribution in [2.75, 3.05) is 19.2 Å². The standard InChI is InChI=1S/C24H23N3O4S/c1-15-11-17(16-3-6-19(7-4-16)32(29)25-2)13-26-22(15)27-23(28)24(9-10-24)18-5-8-20-21(12-18)31-14-30-20/h3-8,11-13,25H,9-10,14H2,1-2H3,(H,26,27,28). The van der Waals surface area contributed by atoms with Crippen molar-refractivity contribution in [3.8, 4) is 22.6 Å². The molecule has 0 bridgehead atoms. The Morgan fingerprint density at radius 3 is 2.47 bits per heavy atom. The van der Waals surface area contributed by atoms with Crippen LogP contribution in [-0.2, 0) is 21.2 Å². The largest absolute Gasteiger partial charge is 0.454 e. The first kappa shape index (κ1) is 20.7. The van der Waals surface area contributed by atoms with Crippen LogP contribution in [0.2, 0.25) is 0 Å². The van der Waals surface area contributed by atoms with Crippen molar-refractivity contribution < 1.29 is 18.5 Å². The van der Waals surface area contributed by atoms with E-state index in [0.717, 1.165) is 35.1 Å². The number of ether oxygens (including phenoxy) is 2. The molecule has 1 unspecified atom stereocenters. The maximum absolute atomic E-state index is 13.2. The first-order valence-corrected chi connectivity index (χ1v) is 11.5. The number of nitrogens with one attached hydrogen (secondary N) is 2. The van der Waals surface area contributed by atoms with Crippen LogP contribution >= 0.6 is 0 Å². The first-order chi connectivity index (χ1) is 15.5. The van der Waals surface area contributed by atoms with Gasteiger partial charge in [-0.25, -0.2) is 13.9 Å². The number of anilines is 1. The van der Waals surface area contributed by atoms with Crippen molar-refractivity contribution in [3.05, 3.63) is 65.9 Å². The van der Waals surface area contributed by atoms with Gasteiger partial charge in [-0.2, -0.15) is 0 Å². The van der Waals surface area contributed by atoms with E-state index in [1.54, 1.807) is 13.2 Å². The Bertz CT molecular complexity index is 1220. The quantitative estimate of drug-likeness (QED) is 0.599. The lowest BCUT2D eigenvalue weighted by Gasteiger charge is -2.17. The molecule has 2 N–H and O–H groups in total. The SMILES string of the molecule is CNS(=O)c1ccc(-c2cnc(NC(=O)C3(c4ccc5c(c4)OCO5)CC3)c(C)c2)cc1. The number of aromatic nitrogens is 1. The third-order valence-electron chi connectivity index (χ3n) is 6.01. The van der Waals surface area contributed by atoms with Crippen LogP contribution in [-0.4, -0.2) is 28.9 Å². The Labute approximate surface area is 188 Å². The summed E-state index contributed by atoms with van der Waals surface area (Å²) in [6, 6.07) is 15.2. The van der Waals surface area contributed by atoms with Crippen LogP contribution in [0.5, 0.6) is 11.5 Å². The lowest BCUT2D eigenvalue weighted by molar-refractivity contribution is -0.118. The molecule has 1 aliphatic heterocycles. The summed E-state index contributed by atoms with van der Waals surface area (Å²) < 4.78 is 25.4. The van der Waals surface area contributed by atoms with Crippen LogP contribution < -0.4 is 19.5 Å². The van der Waals surface area contributed by atoms with Crippen molar-refractivity contribution in [2.45, 2.75) is 30.1 Å². The van der Waals surface area contributed by atoms with Gasteiger partial charge in [-0.1, -0.05) is 18.2 Å². The minimum Gasteiger partial charge on any atom is -0.454 e. The molecule has 0 spiro atoms. The fourth-order valence-electron chi connectivity index (χ4n) is 3.95. The fraction of sp³-hybridized carbons (Fsp3) is 0.250. The molecular weight excluding hydrogens is 426 g/mol. The maximum Gasteiger partial charge on any atom is 0.236 e. The van der Waals surface area contributed by atoms with Gasteiger partial charge >= 0.3 is 0 Å². The summed E-state index contributed by atoms with van der Waals surface area (Å²) in [4.78, 5) is 18.4.